The molecule has 4 rings (SSSR count). The summed E-state index contributed by atoms with van der Waals surface area (Å²) >= 11 is 3.41. The fourth-order valence-electron chi connectivity index (χ4n) is 3.63. The van der Waals surface area contributed by atoms with Crippen LogP contribution in [-0.2, 0) is 5.75 Å². The summed E-state index contributed by atoms with van der Waals surface area (Å²) in [5, 5.41) is 12.2. The Labute approximate surface area is 191 Å². The number of thiazole rings is 1. The minimum Gasteiger partial charge on any atom is -0.370 e. The van der Waals surface area contributed by atoms with E-state index in [-0.39, 0.29) is 5.91 Å². The lowest BCUT2D eigenvalue weighted by atomic mass is 10.2. The van der Waals surface area contributed by atoms with Crippen molar-refractivity contribution in [2.24, 2.45) is 0 Å². The number of nitriles is 1. The number of thioether (sulfide) groups is 1. The number of aromatic nitrogens is 1. The maximum absolute atomic E-state index is 13.0. The highest BCUT2D eigenvalue weighted by molar-refractivity contribution is 7.98. The fraction of sp³-hybridized carbons (Fsp3) is 0.292. The van der Waals surface area contributed by atoms with Gasteiger partial charge in [0.1, 0.15) is 0 Å². The van der Waals surface area contributed by atoms with E-state index in [1.165, 1.54) is 0 Å². The van der Waals surface area contributed by atoms with Crippen LogP contribution >= 0.6 is 23.1 Å². The Hall–Kier alpha value is -2.82. The summed E-state index contributed by atoms with van der Waals surface area (Å²) in [6.07, 6.45) is 0.923. The van der Waals surface area contributed by atoms with Crippen molar-refractivity contribution in [3.63, 3.8) is 0 Å². The number of amides is 1. The molecule has 7 heteroatoms. The standard InChI is InChI=1S/C24H24N4OS2/c1-18-26-21(16-30-18)17-31-23-9-5-20(6-10-23)24(29)28-12-2-11-27(13-14-28)22-7-3-19(15-25)4-8-22/h3-10,16H,2,11-14,17H2,1H3. The molecule has 0 bridgehead atoms. The molecule has 0 spiro atoms. The van der Waals surface area contributed by atoms with Crippen molar-refractivity contribution in [2.45, 2.75) is 24.0 Å². The third kappa shape index (κ3) is 5.46. The normalized spacial score (nSPS) is 14.2. The number of benzene rings is 2. The number of aryl methyl sites for hydroxylation is 1. The second-order valence-corrected chi connectivity index (χ2v) is 9.57. The van der Waals surface area contributed by atoms with E-state index in [4.69, 9.17) is 5.26 Å². The quantitative estimate of drug-likeness (QED) is 0.516. The number of hydrogen-bond donors (Lipinski definition) is 0. The van der Waals surface area contributed by atoms with Crippen molar-refractivity contribution < 1.29 is 4.79 Å². The lowest BCUT2D eigenvalue weighted by Crippen LogP contribution is -2.35. The van der Waals surface area contributed by atoms with Crippen molar-refractivity contribution >= 4 is 34.7 Å². The number of anilines is 1. The molecule has 0 saturated carbocycles. The first-order valence-electron chi connectivity index (χ1n) is 10.3. The Morgan fingerprint density at radius 2 is 1.87 bits per heavy atom. The highest BCUT2D eigenvalue weighted by Crippen LogP contribution is 2.24. The smallest absolute Gasteiger partial charge is 0.253 e. The molecular weight excluding hydrogens is 424 g/mol. The van der Waals surface area contributed by atoms with Gasteiger partial charge in [-0.1, -0.05) is 0 Å². The molecule has 5 nitrogen and oxygen atoms in total. The molecule has 0 aliphatic carbocycles. The number of carbonyl (C=O) groups excluding carboxylic acids is 1. The summed E-state index contributed by atoms with van der Waals surface area (Å²) in [6, 6.07) is 17.7. The predicted octanol–water partition coefficient (Wildman–Crippen LogP) is 4.97. The van der Waals surface area contributed by atoms with E-state index in [2.05, 4.69) is 21.3 Å². The van der Waals surface area contributed by atoms with E-state index in [1.54, 1.807) is 23.1 Å². The number of nitrogens with zero attached hydrogens (tertiary/aromatic N) is 4. The summed E-state index contributed by atoms with van der Waals surface area (Å²) in [6.45, 7) is 5.16. The highest BCUT2D eigenvalue weighted by Gasteiger charge is 2.20. The fourth-order valence-corrected chi connectivity index (χ4v) is 5.14. The predicted molar refractivity (Wildman–Crippen MR) is 127 cm³/mol. The lowest BCUT2D eigenvalue weighted by molar-refractivity contribution is 0.0767. The van der Waals surface area contributed by atoms with Gasteiger partial charge in [-0.05, 0) is 61.9 Å². The topological polar surface area (TPSA) is 60.2 Å². The zero-order valence-electron chi connectivity index (χ0n) is 17.5. The summed E-state index contributed by atoms with van der Waals surface area (Å²) in [5.74, 6) is 0.933. The van der Waals surface area contributed by atoms with Crippen molar-refractivity contribution in [3.05, 3.63) is 75.7 Å². The molecule has 0 radical (unpaired) electrons. The van der Waals surface area contributed by atoms with Crippen LogP contribution in [0.5, 0.6) is 0 Å². The first-order chi connectivity index (χ1) is 15.1. The molecule has 1 aliphatic heterocycles. The van der Waals surface area contributed by atoms with Crippen molar-refractivity contribution in [1.29, 1.82) is 5.26 Å². The Bertz CT molecular complexity index is 1070. The maximum atomic E-state index is 13.0. The molecule has 0 atom stereocenters. The van der Waals surface area contributed by atoms with Crippen LogP contribution in [0.1, 0.15) is 33.0 Å². The Kier molecular flexibility index (Phi) is 6.90. The molecule has 1 amide bonds. The third-order valence-electron chi connectivity index (χ3n) is 5.30. The molecule has 1 aliphatic rings. The second-order valence-electron chi connectivity index (χ2n) is 7.46. The molecular formula is C24H24N4OS2. The lowest BCUT2D eigenvalue weighted by Gasteiger charge is -2.24. The minimum atomic E-state index is 0.0911. The number of hydrogen-bond acceptors (Lipinski definition) is 6. The van der Waals surface area contributed by atoms with Crippen LogP contribution in [0.25, 0.3) is 0 Å². The first kappa shape index (κ1) is 21.4. The van der Waals surface area contributed by atoms with E-state index in [0.29, 0.717) is 12.1 Å². The summed E-state index contributed by atoms with van der Waals surface area (Å²) < 4.78 is 0. The van der Waals surface area contributed by atoms with Gasteiger partial charge in [-0.3, -0.25) is 4.79 Å². The van der Waals surface area contributed by atoms with Crippen LogP contribution in [-0.4, -0.2) is 42.0 Å². The van der Waals surface area contributed by atoms with Crippen LogP contribution in [0.2, 0.25) is 0 Å². The van der Waals surface area contributed by atoms with Gasteiger partial charge in [0.15, 0.2) is 0 Å². The van der Waals surface area contributed by atoms with E-state index in [1.807, 2.05) is 60.4 Å². The second kappa shape index (κ2) is 9.99. The average Bonchev–Trinajstić information content (AvgIpc) is 3.07. The summed E-state index contributed by atoms with van der Waals surface area (Å²) in [5.41, 5.74) is 3.60. The van der Waals surface area contributed by atoms with Crippen molar-refractivity contribution in [2.75, 3.05) is 31.1 Å². The van der Waals surface area contributed by atoms with Gasteiger partial charge in [0.25, 0.3) is 5.91 Å². The number of rotatable bonds is 5. The van der Waals surface area contributed by atoms with E-state index < -0.39 is 0 Å². The Morgan fingerprint density at radius 3 is 2.55 bits per heavy atom. The van der Waals surface area contributed by atoms with Crippen LogP contribution < -0.4 is 4.90 Å². The largest absolute Gasteiger partial charge is 0.370 e. The maximum Gasteiger partial charge on any atom is 0.253 e. The molecule has 1 saturated heterocycles. The molecule has 1 fully saturated rings. The summed E-state index contributed by atoms with van der Waals surface area (Å²) in [4.78, 5) is 22.9. The minimum absolute atomic E-state index is 0.0911. The monoisotopic (exact) mass is 448 g/mol. The third-order valence-corrected chi connectivity index (χ3v) is 7.17. The molecule has 0 N–H and O–H groups in total. The molecule has 158 valence electrons. The van der Waals surface area contributed by atoms with Gasteiger partial charge in [0.2, 0.25) is 0 Å². The van der Waals surface area contributed by atoms with E-state index in [0.717, 1.165) is 58.7 Å². The zero-order chi connectivity index (χ0) is 21.6. The van der Waals surface area contributed by atoms with Crippen LogP contribution in [0, 0.1) is 18.3 Å². The highest BCUT2D eigenvalue weighted by atomic mass is 32.2. The first-order valence-corrected chi connectivity index (χ1v) is 12.2. The molecule has 31 heavy (non-hydrogen) atoms. The van der Waals surface area contributed by atoms with Gasteiger partial charge in [0, 0.05) is 53.5 Å². The van der Waals surface area contributed by atoms with Crippen LogP contribution in [0.4, 0.5) is 5.69 Å². The van der Waals surface area contributed by atoms with Crippen LogP contribution in [0.3, 0.4) is 0 Å². The summed E-state index contributed by atoms with van der Waals surface area (Å²) in [7, 11) is 0. The van der Waals surface area contributed by atoms with Gasteiger partial charge < -0.3 is 9.80 Å². The average molecular weight is 449 g/mol. The Morgan fingerprint density at radius 1 is 1.10 bits per heavy atom. The van der Waals surface area contributed by atoms with Gasteiger partial charge in [-0.15, -0.1) is 23.1 Å². The van der Waals surface area contributed by atoms with E-state index >= 15 is 0 Å². The van der Waals surface area contributed by atoms with Gasteiger partial charge in [-0.25, -0.2) is 4.98 Å². The zero-order valence-corrected chi connectivity index (χ0v) is 19.1. The molecule has 3 aromatic rings. The molecule has 1 aromatic heterocycles. The molecule has 2 heterocycles. The van der Waals surface area contributed by atoms with Gasteiger partial charge in [0.05, 0.1) is 22.3 Å². The SMILES string of the molecule is Cc1nc(CSc2ccc(C(=O)N3CCCN(c4ccc(C#N)cc4)CC3)cc2)cs1. The van der Waals surface area contributed by atoms with Gasteiger partial charge >= 0.3 is 0 Å². The molecule has 0 unspecified atom stereocenters. The van der Waals surface area contributed by atoms with Crippen molar-refractivity contribution in [3.8, 4) is 6.07 Å². The van der Waals surface area contributed by atoms with E-state index in [9.17, 15) is 4.79 Å². The van der Waals surface area contributed by atoms with Crippen molar-refractivity contribution in [1.82, 2.24) is 9.88 Å². The van der Waals surface area contributed by atoms with Crippen LogP contribution in [0.15, 0.2) is 58.8 Å². The Balaban J connectivity index is 1.33. The number of carbonyl (C=O) groups is 1. The molecule has 2 aromatic carbocycles. The van der Waals surface area contributed by atoms with Gasteiger partial charge in [-0.2, -0.15) is 5.26 Å².